The number of anilines is 3. The van der Waals surface area contributed by atoms with Crippen molar-refractivity contribution in [2.45, 2.75) is 0 Å². The number of nitrogens with zero attached hydrogens (tertiary/aromatic N) is 2. The zero-order chi connectivity index (χ0) is 26.7. The second-order valence-electron chi connectivity index (χ2n) is 10.9. The summed E-state index contributed by atoms with van der Waals surface area (Å²) in [5, 5.41) is 2.54. The van der Waals surface area contributed by atoms with Crippen molar-refractivity contribution in [1.82, 2.24) is 4.57 Å². The summed E-state index contributed by atoms with van der Waals surface area (Å²) >= 11 is 0. The van der Waals surface area contributed by atoms with Crippen molar-refractivity contribution in [3.8, 4) is 28.7 Å². The van der Waals surface area contributed by atoms with Crippen LogP contribution in [-0.2, 0) is 0 Å². The number of rotatable bonds is 1. The molecule has 0 saturated heterocycles. The standard InChI is InChI=1S/C36H21BN2O2/c1-3-14-27-23(10-1)24-11-9-13-26-36(24)39(27)30-20-22(21-34-35(30)37(26)25-12-2-6-17-31(25)40-34)38-28-15-4-7-18-32(28)41-33-19-8-5-16-29(33)38/h1-21H. The SMILES string of the molecule is c1ccc2c(c1)Oc1cc(N3c4ccccc4Oc4ccccc43)cc3c1B2c1cccc2c4ccccc4n-3c12. The summed E-state index contributed by atoms with van der Waals surface area (Å²) < 4.78 is 15.5. The maximum Gasteiger partial charge on any atom is 0.256 e. The summed E-state index contributed by atoms with van der Waals surface area (Å²) in [6.45, 7) is 0.0868. The third-order valence-corrected chi connectivity index (χ3v) is 8.81. The van der Waals surface area contributed by atoms with E-state index in [1.54, 1.807) is 0 Å². The molecular formula is C36H21BN2O2. The zero-order valence-electron chi connectivity index (χ0n) is 21.9. The van der Waals surface area contributed by atoms with Gasteiger partial charge in [0.2, 0.25) is 0 Å². The molecule has 0 saturated carbocycles. The van der Waals surface area contributed by atoms with Gasteiger partial charge in [-0.15, -0.1) is 0 Å². The minimum atomic E-state index is 0.0868. The Balaban J connectivity index is 1.35. The van der Waals surface area contributed by atoms with Gasteiger partial charge in [-0.25, -0.2) is 0 Å². The molecule has 41 heavy (non-hydrogen) atoms. The van der Waals surface area contributed by atoms with Gasteiger partial charge in [-0.05, 0) is 58.9 Å². The van der Waals surface area contributed by atoms with Gasteiger partial charge in [0.25, 0.3) is 6.71 Å². The molecule has 10 rings (SSSR count). The number of hydrogen-bond donors (Lipinski definition) is 0. The van der Waals surface area contributed by atoms with E-state index in [0.29, 0.717) is 0 Å². The molecule has 3 aliphatic heterocycles. The quantitative estimate of drug-likeness (QED) is 0.211. The molecule has 0 radical (unpaired) electrons. The molecule has 7 aromatic rings. The van der Waals surface area contributed by atoms with Gasteiger partial charge in [0.15, 0.2) is 11.5 Å². The zero-order valence-corrected chi connectivity index (χ0v) is 21.9. The normalized spacial score (nSPS) is 13.7. The maximum absolute atomic E-state index is 6.76. The number of aromatic nitrogens is 1. The lowest BCUT2D eigenvalue weighted by Gasteiger charge is -2.36. The Bertz CT molecular complexity index is 2210. The first-order chi connectivity index (χ1) is 20.3. The lowest BCUT2D eigenvalue weighted by Crippen LogP contribution is -2.58. The lowest BCUT2D eigenvalue weighted by molar-refractivity contribution is 0.476. The first-order valence-electron chi connectivity index (χ1n) is 14.0. The van der Waals surface area contributed by atoms with E-state index in [9.17, 15) is 0 Å². The van der Waals surface area contributed by atoms with Crippen LogP contribution in [0.15, 0.2) is 127 Å². The Morgan fingerprint density at radius 3 is 1.95 bits per heavy atom. The van der Waals surface area contributed by atoms with Gasteiger partial charge >= 0.3 is 0 Å². The van der Waals surface area contributed by atoms with Gasteiger partial charge in [0, 0.05) is 28.0 Å². The van der Waals surface area contributed by atoms with Crippen molar-refractivity contribution in [3.05, 3.63) is 127 Å². The molecular weight excluding hydrogens is 503 g/mol. The predicted molar refractivity (Wildman–Crippen MR) is 167 cm³/mol. The van der Waals surface area contributed by atoms with Gasteiger partial charge in [-0.1, -0.05) is 78.9 Å². The van der Waals surface area contributed by atoms with E-state index in [-0.39, 0.29) is 6.71 Å². The highest BCUT2D eigenvalue weighted by molar-refractivity contribution is 6.99. The van der Waals surface area contributed by atoms with E-state index in [4.69, 9.17) is 9.47 Å². The molecule has 3 aliphatic rings. The molecule has 0 atom stereocenters. The Hall–Kier alpha value is -5.42. The van der Waals surface area contributed by atoms with Crippen molar-refractivity contribution >= 4 is 62.0 Å². The summed E-state index contributed by atoms with van der Waals surface area (Å²) in [6.07, 6.45) is 0. The van der Waals surface area contributed by atoms with E-state index in [2.05, 4.69) is 113 Å². The molecule has 0 bridgehead atoms. The van der Waals surface area contributed by atoms with Gasteiger partial charge < -0.3 is 18.9 Å². The van der Waals surface area contributed by atoms with Crippen molar-refractivity contribution in [1.29, 1.82) is 0 Å². The third kappa shape index (κ3) is 2.70. The molecule has 4 nitrogen and oxygen atoms in total. The van der Waals surface area contributed by atoms with Crippen LogP contribution in [-0.4, -0.2) is 11.3 Å². The van der Waals surface area contributed by atoms with Crippen LogP contribution in [0.1, 0.15) is 0 Å². The second-order valence-corrected chi connectivity index (χ2v) is 10.9. The van der Waals surface area contributed by atoms with Crippen molar-refractivity contribution < 1.29 is 9.47 Å². The maximum atomic E-state index is 6.76. The molecule has 1 aromatic heterocycles. The molecule has 5 heteroatoms. The lowest BCUT2D eigenvalue weighted by atomic mass is 9.34. The number of benzene rings is 6. The molecule has 6 aromatic carbocycles. The summed E-state index contributed by atoms with van der Waals surface area (Å²) in [4.78, 5) is 2.30. The van der Waals surface area contributed by atoms with Crippen LogP contribution < -0.4 is 30.8 Å². The molecule has 0 spiro atoms. The number of ether oxygens (including phenoxy) is 2. The topological polar surface area (TPSA) is 26.6 Å². The Morgan fingerprint density at radius 2 is 1.12 bits per heavy atom. The molecule has 0 unspecified atom stereocenters. The Morgan fingerprint density at radius 1 is 0.488 bits per heavy atom. The average molecular weight is 524 g/mol. The van der Waals surface area contributed by atoms with E-state index in [1.807, 2.05) is 24.3 Å². The number of para-hydroxylation sites is 7. The monoisotopic (exact) mass is 524 g/mol. The largest absolute Gasteiger partial charge is 0.458 e. The Kier molecular flexibility index (Phi) is 3.98. The van der Waals surface area contributed by atoms with Gasteiger partial charge in [-0.2, -0.15) is 0 Å². The molecule has 0 fully saturated rings. The number of fused-ring (bicyclic) bond motifs is 9. The van der Waals surface area contributed by atoms with Crippen LogP contribution in [0, 0.1) is 0 Å². The highest BCUT2D eigenvalue weighted by atomic mass is 16.5. The third-order valence-electron chi connectivity index (χ3n) is 8.81. The van der Waals surface area contributed by atoms with Crippen LogP contribution >= 0.6 is 0 Å². The number of hydrogen-bond acceptors (Lipinski definition) is 3. The van der Waals surface area contributed by atoms with Gasteiger partial charge in [0.1, 0.15) is 11.5 Å². The molecule has 190 valence electrons. The first-order valence-corrected chi connectivity index (χ1v) is 14.0. The predicted octanol–water partition coefficient (Wildman–Crippen LogP) is 7.29. The van der Waals surface area contributed by atoms with Gasteiger partial charge in [0.05, 0.1) is 22.6 Å². The van der Waals surface area contributed by atoms with Crippen LogP contribution in [0.4, 0.5) is 17.1 Å². The second kappa shape index (κ2) is 7.61. The molecule has 0 aliphatic carbocycles. The van der Waals surface area contributed by atoms with Crippen molar-refractivity contribution in [2.75, 3.05) is 4.90 Å². The summed E-state index contributed by atoms with van der Waals surface area (Å²) in [7, 11) is 0. The minimum absolute atomic E-state index is 0.0868. The summed E-state index contributed by atoms with van der Waals surface area (Å²) in [6, 6.07) is 45.0. The van der Waals surface area contributed by atoms with E-state index < -0.39 is 0 Å². The van der Waals surface area contributed by atoms with Crippen LogP contribution in [0.2, 0.25) is 0 Å². The highest BCUT2D eigenvalue weighted by Gasteiger charge is 2.41. The molecule has 0 N–H and O–H groups in total. The van der Waals surface area contributed by atoms with E-state index in [1.165, 1.54) is 38.2 Å². The van der Waals surface area contributed by atoms with Crippen molar-refractivity contribution in [2.24, 2.45) is 0 Å². The fourth-order valence-electron chi connectivity index (χ4n) is 7.21. The molecule has 4 heterocycles. The van der Waals surface area contributed by atoms with Gasteiger partial charge in [-0.3, -0.25) is 0 Å². The van der Waals surface area contributed by atoms with Crippen LogP contribution in [0.25, 0.3) is 27.5 Å². The van der Waals surface area contributed by atoms with Crippen LogP contribution in [0.3, 0.4) is 0 Å². The van der Waals surface area contributed by atoms with E-state index in [0.717, 1.165) is 45.7 Å². The summed E-state index contributed by atoms with van der Waals surface area (Å²) in [5.41, 5.74) is 10.4. The van der Waals surface area contributed by atoms with E-state index >= 15 is 0 Å². The van der Waals surface area contributed by atoms with Crippen LogP contribution in [0.5, 0.6) is 23.0 Å². The average Bonchev–Trinajstić information content (AvgIpc) is 3.37. The Labute approximate surface area is 236 Å². The minimum Gasteiger partial charge on any atom is -0.458 e. The fourth-order valence-corrected chi connectivity index (χ4v) is 7.21. The van der Waals surface area contributed by atoms with Crippen molar-refractivity contribution in [3.63, 3.8) is 0 Å². The smallest absolute Gasteiger partial charge is 0.256 e. The first kappa shape index (κ1) is 21.4. The fraction of sp³-hybridized carbons (Fsp3) is 0. The molecule has 0 amide bonds. The highest BCUT2D eigenvalue weighted by Crippen LogP contribution is 2.51. The summed E-state index contributed by atoms with van der Waals surface area (Å²) in [5.74, 6) is 3.47.